The van der Waals surface area contributed by atoms with Crippen LogP contribution in [0.5, 0.6) is 0 Å². The zero-order valence-electron chi connectivity index (χ0n) is 23.4. The largest absolute Gasteiger partial charge is 0.374 e. The predicted molar refractivity (Wildman–Crippen MR) is 146 cm³/mol. The van der Waals surface area contributed by atoms with Gasteiger partial charge in [0.25, 0.3) is 0 Å². The van der Waals surface area contributed by atoms with Gasteiger partial charge in [0.15, 0.2) is 0 Å². The molecule has 1 N–H and O–H groups in total. The van der Waals surface area contributed by atoms with Crippen molar-refractivity contribution in [3.8, 4) is 0 Å². The lowest BCUT2D eigenvalue weighted by Gasteiger charge is -2.35. The van der Waals surface area contributed by atoms with E-state index in [2.05, 4.69) is 31.0 Å². The maximum Gasteiger partial charge on any atom is 0.225 e. The van der Waals surface area contributed by atoms with E-state index in [1.807, 2.05) is 11.9 Å². The van der Waals surface area contributed by atoms with E-state index in [1.165, 1.54) is 83.5 Å². The third kappa shape index (κ3) is 15.4. The molecule has 0 unspecified atom stereocenters. The number of carbonyl (C=O) groups excluding carboxylic acids is 1. The molecular formula is C29H59N3O2. The van der Waals surface area contributed by atoms with E-state index < -0.39 is 0 Å². The molecule has 0 aromatic carbocycles. The lowest BCUT2D eigenvalue weighted by Crippen LogP contribution is -2.50. The van der Waals surface area contributed by atoms with E-state index >= 15 is 0 Å². The molecule has 1 rings (SSSR count). The number of amides is 1. The minimum atomic E-state index is 0.137. The first kappa shape index (κ1) is 31.4. The van der Waals surface area contributed by atoms with Crippen molar-refractivity contribution >= 4 is 5.91 Å². The third-order valence-electron chi connectivity index (χ3n) is 7.30. The minimum absolute atomic E-state index is 0.137. The summed E-state index contributed by atoms with van der Waals surface area (Å²) in [7, 11) is 2.00. The maximum absolute atomic E-state index is 13.3. The van der Waals surface area contributed by atoms with E-state index in [0.29, 0.717) is 5.91 Å². The highest BCUT2D eigenvalue weighted by Gasteiger charge is 2.26. The number of hydrogen-bond donors (Lipinski definition) is 1. The second kappa shape index (κ2) is 21.6. The summed E-state index contributed by atoms with van der Waals surface area (Å²) in [5.41, 5.74) is 0. The molecular weight excluding hydrogens is 422 g/mol. The highest BCUT2D eigenvalue weighted by molar-refractivity contribution is 5.78. The fraction of sp³-hybridized carbons (Fsp3) is 0.966. The zero-order chi connectivity index (χ0) is 24.9. The summed E-state index contributed by atoms with van der Waals surface area (Å²) < 4.78 is 6.06. The van der Waals surface area contributed by atoms with Crippen molar-refractivity contribution < 1.29 is 9.53 Å². The van der Waals surface area contributed by atoms with Crippen LogP contribution in [-0.4, -0.2) is 74.7 Å². The molecule has 1 saturated heterocycles. The van der Waals surface area contributed by atoms with Gasteiger partial charge < -0.3 is 15.0 Å². The monoisotopic (exact) mass is 481 g/mol. The van der Waals surface area contributed by atoms with Gasteiger partial charge in [-0.05, 0) is 25.8 Å². The van der Waals surface area contributed by atoms with Gasteiger partial charge in [0.2, 0.25) is 5.91 Å². The Morgan fingerprint density at radius 2 is 1.47 bits per heavy atom. The van der Waals surface area contributed by atoms with Gasteiger partial charge in [-0.1, -0.05) is 97.8 Å². The molecule has 0 radical (unpaired) electrons. The van der Waals surface area contributed by atoms with Crippen LogP contribution in [0.2, 0.25) is 0 Å². The van der Waals surface area contributed by atoms with Crippen LogP contribution in [0.1, 0.15) is 117 Å². The van der Waals surface area contributed by atoms with Gasteiger partial charge in [-0.3, -0.25) is 9.69 Å². The lowest BCUT2D eigenvalue weighted by atomic mass is 9.93. The fourth-order valence-corrected chi connectivity index (χ4v) is 5.04. The number of ether oxygens (including phenoxy) is 1. The predicted octanol–water partition coefficient (Wildman–Crippen LogP) is 6.26. The van der Waals surface area contributed by atoms with Crippen LogP contribution in [0.25, 0.3) is 0 Å². The molecule has 0 aliphatic carbocycles. The van der Waals surface area contributed by atoms with Crippen LogP contribution in [-0.2, 0) is 9.53 Å². The molecule has 0 aromatic rings. The fourth-order valence-electron chi connectivity index (χ4n) is 5.04. The molecule has 0 spiro atoms. The summed E-state index contributed by atoms with van der Waals surface area (Å²) in [6.45, 7) is 13.5. The van der Waals surface area contributed by atoms with Crippen molar-refractivity contribution in [2.45, 2.75) is 123 Å². The number of likely N-dealkylation sites (N-methyl/N-ethyl adjacent to an activating group) is 1. The Morgan fingerprint density at radius 3 is 2.09 bits per heavy atom. The summed E-state index contributed by atoms with van der Waals surface area (Å²) in [4.78, 5) is 17.8. The van der Waals surface area contributed by atoms with Gasteiger partial charge in [-0.15, -0.1) is 0 Å². The molecule has 34 heavy (non-hydrogen) atoms. The summed E-state index contributed by atoms with van der Waals surface area (Å²) in [5.74, 6) is 0.540. The van der Waals surface area contributed by atoms with E-state index in [9.17, 15) is 4.79 Å². The first-order valence-corrected chi connectivity index (χ1v) is 14.9. The van der Waals surface area contributed by atoms with Crippen molar-refractivity contribution in [1.29, 1.82) is 0 Å². The van der Waals surface area contributed by atoms with E-state index in [0.717, 1.165) is 58.7 Å². The van der Waals surface area contributed by atoms with Crippen LogP contribution < -0.4 is 5.32 Å². The molecule has 0 aromatic heterocycles. The van der Waals surface area contributed by atoms with E-state index in [4.69, 9.17) is 4.74 Å². The summed E-state index contributed by atoms with van der Waals surface area (Å²) in [6.07, 6.45) is 18.9. The first-order valence-electron chi connectivity index (χ1n) is 14.9. The Bertz CT molecular complexity index is 462. The molecule has 1 heterocycles. The Hall–Kier alpha value is -0.650. The minimum Gasteiger partial charge on any atom is -0.374 e. The normalized spacial score (nSPS) is 16.9. The molecule has 1 amide bonds. The SMILES string of the molecule is CCCCCCCNCCN1CCO[C@@H](CN(C)C(=O)C(CCCCCC)CCCCCC)C1. The number of morpholine rings is 1. The van der Waals surface area contributed by atoms with Crippen LogP contribution in [0.3, 0.4) is 0 Å². The van der Waals surface area contributed by atoms with Gasteiger partial charge in [0, 0.05) is 45.7 Å². The first-order chi connectivity index (χ1) is 16.6. The molecule has 202 valence electrons. The molecule has 0 saturated carbocycles. The lowest BCUT2D eigenvalue weighted by molar-refractivity contribution is -0.137. The van der Waals surface area contributed by atoms with Crippen LogP contribution in [0.4, 0.5) is 0 Å². The highest BCUT2D eigenvalue weighted by atomic mass is 16.5. The van der Waals surface area contributed by atoms with Crippen molar-refractivity contribution in [2.24, 2.45) is 5.92 Å². The van der Waals surface area contributed by atoms with Gasteiger partial charge >= 0.3 is 0 Å². The molecule has 1 aliphatic rings. The Labute approximate surface area is 212 Å². The van der Waals surface area contributed by atoms with Gasteiger partial charge in [-0.25, -0.2) is 0 Å². The number of nitrogens with zero attached hydrogens (tertiary/aromatic N) is 2. The van der Waals surface area contributed by atoms with Crippen LogP contribution in [0, 0.1) is 5.92 Å². The smallest absolute Gasteiger partial charge is 0.225 e. The van der Waals surface area contributed by atoms with E-state index in [-0.39, 0.29) is 12.0 Å². The van der Waals surface area contributed by atoms with Crippen molar-refractivity contribution in [3.63, 3.8) is 0 Å². The molecule has 1 atom stereocenters. The number of nitrogens with one attached hydrogen (secondary N) is 1. The van der Waals surface area contributed by atoms with E-state index in [1.54, 1.807) is 0 Å². The van der Waals surface area contributed by atoms with Crippen molar-refractivity contribution in [3.05, 3.63) is 0 Å². The van der Waals surface area contributed by atoms with Crippen molar-refractivity contribution in [1.82, 2.24) is 15.1 Å². The standard InChI is InChI=1S/C29H59N3O2/c1-5-8-11-14-17-20-30-21-22-32-23-24-34-28(26-32)25-31(4)29(33)27(18-15-12-9-6-2)19-16-13-10-7-3/h27-28,30H,5-26H2,1-4H3/t28-/m0/s1. The molecule has 1 fully saturated rings. The second-order valence-electron chi connectivity index (χ2n) is 10.6. The highest BCUT2D eigenvalue weighted by Crippen LogP contribution is 2.21. The molecule has 0 bridgehead atoms. The van der Waals surface area contributed by atoms with Gasteiger partial charge in [0.1, 0.15) is 0 Å². The van der Waals surface area contributed by atoms with Crippen LogP contribution >= 0.6 is 0 Å². The average Bonchev–Trinajstić information content (AvgIpc) is 2.84. The van der Waals surface area contributed by atoms with Gasteiger partial charge in [-0.2, -0.15) is 0 Å². The number of unbranched alkanes of at least 4 members (excludes halogenated alkanes) is 10. The molecule has 5 heteroatoms. The third-order valence-corrected chi connectivity index (χ3v) is 7.30. The Balaban J connectivity index is 2.35. The zero-order valence-corrected chi connectivity index (χ0v) is 23.4. The topological polar surface area (TPSA) is 44.8 Å². The number of rotatable bonds is 22. The average molecular weight is 482 g/mol. The second-order valence-corrected chi connectivity index (χ2v) is 10.6. The summed E-state index contributed by atoms with van der Waals surface area (Å²) >= 11 is 0. The summed E-state index contributed by atoms with van der Waals surface area (Å²) in [6, 6.07) is 0. The Kier molecular flexibility index (Phi) is 20.0. The molecule has 1 aliphatic heterocycles. The van der Waals surface area contributed by atoms with Gasteiger partial charge in [0.05, 0.1) is 12.7 Å². The quantitative estimate of drug-likeness (QED) is 0.185. The number of hydrogen-bond acceptors (Lipinski definition) is 4. The molecule has 5 nitrogen and oxygen atoms in total. The number of carbonyl (C=O) groups is 1. The maximum atomic E-state index is 13.3. The van der Waals surface area contributed by atoms with Crippen molar-refractivity contribution in [2.75, 3.05) is 52.9 Å². The Morgan fingerprint density at radius 1 is 0.882 bits per heavy atom. The summed E-state index contributed by atoms with van der Waals surface area (Å²) in [5, 5.41) is 3.61. The van der Waals surface area contributed by atoms with Crippen LogP contribution in [0.15, 0.2) is 0 Å².